The molecular formula is C37H94O19RfSi11-2. The molecule has 0 N–H and O–H groups in total. The summed E-state index contributed by atoms with van der Waals surface area (Å²) in [6, 6.07) is 7.77. The molecule has 2 aliphatic heterocycles. The summed E-state index contributed by atoms with van der Waals surface area (Å²) in [5.41, 5.74) is 0. The van der Waals surface area contributed by atoms with Crippen molar-refractivity contribution in [3.05, 3.63) is 14.2 Å². The summed E-state index contributed by atoms with van der Waals surface area (Å²) in [4.78, 5) is 0. The first-order valence-electron chi connectivity index (χ1n) is 23.4. The predicted octanol–water partition coefficient (Wildman–Crippen LogP) is 8.80. The van der Waals surface area contributed by atoms with Gasteiger partial charge in [-0.25, -0.2) is 14.2 Å². The topological polar surface area (TPSA) is 175 Å². The fraction of sp³-hybridized carbons (Fsp3) is 0.946. The third kappa shape index (κ3) is 20.7. The van der Waals surface area contributed by atoms with E-state index in [2.05, 4.69) is 87.4 Å². The molecule has 68 heavy (non-hydrogen) atoms. The molecule has 2 fully saturated rings. The van der Waals surface area contributed by atoms with Crippen molar-refractivity contribution in [1.82, 2.24) is 0 Å². The molecule has 19 nitrogen and oxygen atoms in total. The fourth-order valence-corrected chi connectivity index (χ4v) is 63.7. The molecule has 0 aromatic rings. The second-order valence-corrected chi connectivity index (χ2v) is 56.9. The predicted molar refractivity (Wildman–Crippen MR) is 284 cm³/mol. The van der Waals surface area contributed by atoms with Crippen LogP contribution in [-0.2, 0) is 82.2 Å². The van der Waals surface area contributed by atoms with Crippen LogP contribution in [0.5, 0.6) is 0 Å². The van der Waals surface area contributed by atoms with Crippen molar-refractivity contribution < 1.29 is 82.2 Å². The molecule has 0 aliphatic carbocycles. The summed E-state index contributed by atoms with van der Waals surface area (Å²) in [6.45, 7) is 24.5. The van der Waals surface area contributed by atoms with Crippen molar-refractivity contribution in [3.8, 4) is 0 Å². The van der Waals surface area contributed by atoms with Crippen LogP contribution in [0.1, 0.15) is 33.6 Å². The van der Waals surface area contributed by atoms with Crippen LogP contribution in [0.25, 0.3) is 0 Å². The zero-order valence-electron chi connectivity index (χ0n) is 46.0. The first kappa shape index (κ1) is 68.6. The largest absolute Gasteiger partial charge is 0.555 e. The van der Waals surface area contributed by atoms with Crippen LogP contribution in [0.4, 0.5) is 0 Å². The molecule has 2 rings (SSSR count). The van der Waals surface area contributed by atoms with Crippen molar-refractivity contribution >= 4 is 94.9 Å². The van der Waals surface area contributed by atoms with E-state index in [1.165, 1.54) is 0 Å². The number of hydrogen-bond acceptors (Lipinski definition) is 19. The van der Waals surface area contributed by atoms with Gasteiger partial charge in [-0.1, -0.05) is 20.8 Å². The molecule has 6 unspecified atom stereocenters. The van der Waals surface area contributed by atoms with Gasteiger partial charge in [0, 0.05) is 95.3 Å². The van der Waals surface area contributed by atoms with Gasteiger partial charge >= 0.3 is 94.9 Å². The number of hydrogen-bond donors (Lipinski definition) is 0. The summed E-state index contributed by atoms with van der Waals surface area (Å²) in [7, 11) is -7.98. The molecule has 0 aromatic carbocycles. The molecule has 31 heteroatoms. The number of ether oxygens (including phenoxy) is 2. The third-order valence-electron chi connectivity index (χ3n) is 12.7. The second-order valence-electron chi connectivity index (χ2n) is 18.4. The monoisotopic (exact) mass is 1420 g/mol. The van der Waals surface area contributed by atoms with Crippen LogP contribution < -0.4 is 0 Å². The van der Waals surface area contributed by atoms with E-state index in [0.717, 1.165) is 43.1 Å². The zero-order valence-corrected chi connectivity index (χ0v) is 63.4. The van der Waals surface area contributed by atoms with Gasteiger partial charge in [0.25, 0.3) is 0 Å². The van der Waals surface area contributed by atoms with Gasteiger partial charge in [0.1, 0.15) is 0 Å². The molecule has 404 valence electrons. The average molecular weight is 1420 g/mol. The summed E-state index contributed by atoms with van der Waals surface area (Å²) in [6.07, 6.45) is 1.64. The average Bonchev–Trinajstić information content (AvgIpc) is 3.27. The van der Waals surface area contributed by atoms with E-state index in [9.17, 15) is 0 Å². The van der Waals surface area contributed by atoms with Crippen LogP contribution >= 0.6 is 0 Å². The minimum atomic E-state index is -2.88. The zero-order chi connectivity index (χ0) is 51.5. The van der Waals surface area contributed by atoms with E-state index in [0.29, 0.717) is 49.5 Å². The van der Waals surface area contributed by atoms with E-state index in [1.807, 2.05) is 0 Å². The molecule has 0 aromatic heterocycles. The smallest absolute Gasteiger partial charge is 0.500 e. The molecule has 0 saturated carbocycles. The van der Waals surface area contributed by atoms with E-state index < -0.39 is 94.9 Å². The number of rotatable bonds is 29. The van der Waals surface area contributed by atoms with Crippen molar-refractivity contribution in [2.24, 2.45) is 0 Å². The van der Waals surface area contributed by atoms with Crippen molar-refractivity contribution in [1.29, 1.82) is 0 Å². The molecule has 0 spiro atoms. The van der Waals surface area contributed by atoms with E-state index in [1.54, 1.807) is 64.0 Å². The van der Waals surface area contributed by atoms with E-state index in [4.69, 9.17) is 82.2 Å². The quantitative estimate of drug-likeness (QED) is 0.0394. The SMILES string of the molecule is [CH2-]OCCC[Si]1(C)O[Si](C)(CC)O[Si](C)(CC[Si](OC)(OC)OC)O[Si](C)(CC)O1.[CH2-]OCCC[Si]1(C)O[Si](C)(CC)O[Si](C)(CC[Si](OC)(OC)OC)O[Si](C)(CC[Si](OC)(OC)OC)O1.[Rf]. The maximum Gasteiger partial charge on any atom is 0.500 e. The summed E-state index contributed by atoms with van der Waals surface area (Å²) in [5.74, 6) is 0. The Labute approximate surface area is 418 Å². The molecule has 6 atom stereocenters. The van der Waals surface area contributed by atoms with Gasteiger partial charge in [-0.2, -0.15) is 0 Å². The Morgan fingerprint density at radius 2 is 0.500 bits per heavy atom. The normalized spacial score (nSPS) is 33.1. The Kier molecular flexibility index (Phi) is 29.9. The van der Waals surface area contributed by atoms with Crippen LogP contribution in [0.3, 0.4) is 0 Å². The molecule has 2 aliphatic rings. The van der Waals surface area contributed by atoms with Gasteiger partial charge in [-0.3, -0.25) is 0 Å². The van der Waals surface area contributed by atoms with Crippen LogP contribution in [0.15, 0.2) is 0 Å². The van der Waals surface area contributed by atoms with Crippen molar-refractivity contribution in [2.45, 2.75) is 152 Å². The maximum absolute atomic E-state index is 7.11. The maximum atomic E-state index is 7.11. The van der Waals surface area contributed by atoms with Gasteiger partial charge in [0.15, 0.2) is 0 Å². The Balaban J connectivity index is 0.00000133. The van der Waals surface area contributed by atoms with Gasteiger partial charge in [-0.15, -0.1) is 0 Å². The molecule has 0 radical (unpaired) electrons. The van der Waals surface area contributed by atoms with Gasteiger partial charge < -0.3 is 82.2 Å². The molecular weight excluding hydrogens is 1320 g/mol. The van der Waals surface area contributed by atoms with Crippen molar-refractivity contribution in [3.63, 3.8) is 0 Å². The third-order valence-corrected chi connectivity index (χ3v) is 59.8. The second kappa shape index (κ2) is 29.6. The van der Waals surface area contributed by atoms with Crippen LogP contribution in [0, 0.1) is 14.2 Å². The molecule has 0 bridgehead atoms. The van der Waals surface area contributed by atoms with Gasteiger partial charge in [0.2, 0.25) is 0 Å². The summed E-state index contributed by atoms with van der Waals surface area (Å²) < 4.78 is 117. The summed E-state index contributed by atoms with van der Waals surface area (Å²) >= 11 is 0. The van der Waals surface area contributed by atoms with Gasteiger partial charge in [0.05, 0.1) is 0 Å². The standard InChI is InChI=1S/C20H51O11Si6.C17H43O8Si5.Rf/c1-13-32(9)28-33(10,16-14-15-21-2)30-35(12,18-20-37(25-6,26-7)27-8)31-34(11,29-32)17-19-36(22-3,23-4)24-5;1-11-26(7)22-28(9,15-13-14-18-3)23-27(8,12-2)25-29(10,24-26)16-17-30(19-4,20-5)21-6;/h2,13-20H2,1,3-12H3;3,11-17H2,1-2,4-10H3;/q2*-1;. The first-order valence-corrected chi connectivity index (χ1v) is 49.4. The minimum absolute atomic E-state index is 0. The Morgan fingerprint density at radius 1 is 0.324 bits per heavy atom. The Bertz CT molecular complexity index is 1360. The Morgan fingerprint density at radius 3 is 0.662 bits per heavy atom. The van der Waals surface area contributed by atoms with Crippen molar-refractivity contribution in [2.75, 3.05) is 77.2 Å². The van der Waals surface area contributed by atoms with Gasteiger partial charge in [-0.05, 0) is 114 Å². The molecule has 2 heterocycles. The minimum Gasteiger partial charge on any atom is -0.555 e. The summed E-state index contributed by atoms with van der Waals surface area (Å²) in [5, 5.41) is 0. The van der Waals surface area contributed by atoms with Crippen LogP contribution in [-0.4, -0.2) is 172 Å². The van der Waals surface area contributed by atoms with E-state index >= 15 is 0 Å². The Hall–Kier alpha value is 0.626. The molecule has 2 saturated heterocycles. The van der Waals surface area contributed by atoms with E-state index in [-0.39, 0.29) is 0 Å². The molecule has 0 amide bonds. The van der Waals surface area contributed by atoms with Crippen LogP contribution in [0.2, 0.25) is 119 Å². The first-order chi connectivity index (χ1) is 31.1. The fourth-order valence-electron chi connectivity index (χ4n) is 8.56.